The average molecular weight is 339 g/mol. The number of hydrogen-bond donors (Lipinski definition) is 1. The monoisotopic (exact) mass is 339 g/mol. The zero-order valence-electron chi connectivity index (χ0n) is 12.4. The Bertz CT molecular complexity index is 553. The lowest BCUT2D eigenvalue weighted by molar-refractivity contribution is 0.159. The fourth-order valence-electron chi connectivity index (χ4n) is 2.93. The van der Waals surface area contributed by atoms with Crippen LogP contribution in [0.3, 0.4) is 0 Å². The Morgan fingerprint density at radius 2 is 1.62 bits per heavy atom. The zero-order chi connectivity index (χ0) is 15.7. The van der Waals surface area contributed by atoms with Crippen LogP contribution in [0.25, 0.3) is 0 Å². The summed E-state index contributed by atoms with van der Waals surface area (Å²) in [4.78, 5) is 2.31. The van der Waals surface area contributed by atoms with Gasteiger partial charge in [0.2, 0.25) is 10.0 Å². The van der Waals surface area contributed by atoms with Crippen LogP contribution in [-0.4, -0.2) is 82.1 Å². The van der Waals surface area contributed by atoms with E-state index >= 15 is 0 Å². The van der Waals surface area contributed by atoms with E-state index < -0.39 is 19.9 Å². The topological polar surface area (TPSA) is 101 Å². The summed E-state index contributed by atoms with van der Waals surface area (Å²) in [5.74, 6) is -0.626. The molecule has 0 saturated carbocycles. The Labute approximate surface area is 127 Å². The number of piperidine rings is 1. The van der Waals surface area contributed by atoms with E-state index in [0.29, 0.717) is 13.1 Å². The molecule has 0 aromatic carbocycles. The van der Waals surface area contributed by atoms with Gasteiger partial charge in [-0.15, -0.1) is 0 Å². The van der Waals surface area contributed by atoms with Crippen LogP contribution >= 0.6 is 0 Å². The van der Waals surface area contributed by atoms with E-state index in [4.69, 9.17) is 5.73 Å². The second-order valence-corrected chi connectivity index (χ2v) is 10.5. The summed E-state index contributed by atoms with van der Waals surface area (Å²) < 4.78 is 48.1. The average Bonchev–Trinajstić information content (AvgIpc) is 2.87. The van der Waals surface area contributed by atoms with Crippen molar-refractivity contribution in [3.05, 3.63) is 0 Å². The molecule has 0 amide bonds. The van der Waals surface area contributed by atoms with E-state index in [9.17, 15) is 16.8 Å². The summed E-state index contributed by atoms with van der Waals surface area (Å²) in [7, 11) is -6.73. The third kappa shape index (κ3) is 4.88. The first-order valence-electron chi connectivity index (χ1n) is 7.32. The number of likely N-dealkylation sites (tertiary alicyclic amines) is 1. The number of nitrogens with two attached hydrogens (primary N) is 1. The van der Waals surface area contributed by atoms with Gasteiger partial charge in [0.15, 0.2) is 0 Å². The molecule has 1 atom stereocenters. The molecule has 2 aliphatic rings. The molecular weight excluding hydrogens is 314 g/mol. The summed E-state index contributed by atoms with van der Waals surface area (Å²) in [5, 5.41) is 0. The molecule has 0 aromatic heterocycles. The summed E-state index contributed by atoms with van der Waals surface area (Å²) in [5.41, 5.74) is 5.88. The van der Waals surface area contributed by atoms with E-state index in [0.717, 1.165) is 38.6 Å². The second kappa shape index (κ2) is 6.49. The summed E-state index contributed by atoms with van der Waals surface area (Å²) >= 11 is 0. The molecule has 2 fully saturated rings. The largest absolute Gasteiger partial charge is 0.328 e. The molecule has 2 saturated heterocycles. The number of rotatable bonds is 5. The Hall–Kier alpha value is -0.220. The third-order valence-corrected chi connectivity index (χ3v) is 7.36. The number of sulfonamides is 1. The van der Waals surface area contributed by atoms with Crippen LogP contribution in [0.1, 0.15) is 19.3 Å². The van der Waals surface area contributed by atoms with E-state index in [2.05, 4.69) is 4.90 Å². The van der Waals surface area contributed by atoms with Gasteiger partial charge in [-0.05, 0) is 32.4 Å². The van der Waals surface area contributed by atoms with Crippen molar-refractivity contribution in [3.63, 3.8) is 0 Å². The van der Waals surface area contributed by atoms with Gasteiger partial charge in [0.1, 0.15) is 9.84 Å². The zero-order valence-corrected chi connectivity index (χ0v) is 14.1. The Morgan fingerprint density at radius 3 is 2.19 bits per heavy atom. The van der Waals surface area contributed by atoms with Crippen molar-refractivity contribution in [2.75, 3.05) is 43.9 Å². The SMILES string of the molecule is CS(=O)(=O)CCS(=O)(=O)N1CCC(N2CCC(N)CC2)C1. The minimum Gasteiger partial charge on any atom is -0.328 e. The highest BCUT2D eigenvalue weighted by Crippen LogP contribution is 2.22. The quantitative estimate of drug-likeness (QED) is 0.679. The van der Waals surface area contributed by atoms with E-state index in [1.165, 1.54) is 4.31 Å². The Kier molecular flexibility index (Phi) is 5.30. The van der Waals surface area contributed by atoms with Gasteiger partial charge < -0.3 is 5.73 Å². The fourth-order valence-corrected chi connectivity index (χ4v) is 6.03. The van der Waals surface area contributed by atoms with Crippen molar-refractivity contribution in [1.29, 1.82) is 0 Å². The first-order valence-corrected chi connectivity index (χ1v) is 11.0. The third-order valence-electron chi connectivity index (χ3n) is 4.32. The number of sulfone groups is 1. The van der Waals surface area contributed by atoms with E-state index in [-0.39, 0.29) is 23.6 Å². The van der Waals surface area contributed by atoms with Crippen molar-refractivity contribution in [3.8, 4) is 0 Å². The standard InChI is InChI=1S/C12H25N3O4S2/c1-20(16,17)8-9-21(18,19)15-7-4-12(10-15)14-5-2-11(13)3-6-14/h11-12H,2-10,13H2,1H3. The van der Waals surface area contributed by atoms with Gasteiger partial charge in [-0.3, -0.25) is 4.90 Å². The highest BCUT2D eigenvalue weighted by molar-refractivity contribution is 7.93. The summed E-state index contributed by atoms with van der Waals surface area (Å²) in [6.45, 7) is 2.80. The number of hydrogen-bond acceptors (Lipinski definition) is 6. The van der Waals surface area contributed by atoms with Gasteiger partial charge in [0.05, 0.1) is 11.5 Å². The smallest absolute Gasteiger partial charge is 0.215 e. The van der Waals surface area contributed by atoms with Gasteiger partial charge in [0.25, 0.3) is 0 Å². The molecule has 21 heavy (non-hydrogen) atoms. The minimum absolute atomic E-state index is 0.241. The summed E-state index contributed by atoms with van der Waals surface area (Å²) in [6, 6.07) is 0.503. The van der Waals surface area contributed by atoms with E-state index in [1.54, 1.807) is 0 Å². The number of nitrogens with zero attached hydrogens (tertiary/aromatic N) is 2. The van der Waals surface area contributed by atoms with Crippen LogP contribution in [0, 0.1) is 0 Å². The molecule has 7 nitrogen and oxygen atoms in total. The highest BCUT2D eigenvalue weighted by atomic mass is 32.2. The molecule has 0 radical (unpaired) electrons. The van der Waals surface area contributed by atoms with Gasteiger partial charge >= 0.3 is 0 Å². The lowest BCUT2D eigenvalue weighted by Gasteiger charge is -2.34. The van der Waals surface area contributed by atoms with Crippen LogP contribution < -0.4 is 5.73 Å². The molecule has 2 N–H and O–H groups in total. The minimum atomic E-state index is -3.47. The van der Waals surface area contributed by atoms with Crippen LogP contribution in [0.2, 0.25) is 0 Å². The van der Waals surface area contributed by atoms with Gasteiger partial charge in [-0.25, -0.2) is 21.1 Å². The van der Waals surface area contributed by atoms with E-state index in [1.807, 2.05) is 0 Å². The van der Waals surface area contributed by atoms with Crippen LogP contribution in [-0.2, 0) is 19.9 Å². The maximum atomic E-state index is 12.2. The molecule has 0 bridgehead atoms. The molecule has 2 aliphatic heterocycles. The normalized spacial score (nSPS) is 27.2. The predicted molar refractivity (Wildman–Crippen MR) is 82.3 cm³/mol. The first-order chi connectivity index (χ1) is 9.67. The molecular formula is C12H25N3O4S2. The molecule has 1 unspecified atom stereocenters. The van der Waals surface area contributed by atoms with Crippen LogP contribution in [0.4, 0.5) is 0 Å². The van der Waals surface area contributed by atoms with Gasteiger partial charge in [-0.1, -0.05) is 0 Å². The van der Waals surface area contributed by atoms with Crippen molar-refractivity contribution >= 4 is 19.9 Å². The molecule has 2 heterocycles. The Morgan fingerprint density at radius 1 is 1.00 bits per heavy atom. The fraction of sp³-hybridized carbons (Fsp3) is 1.00. The van der Waals surface area contributed by atoms with Crippen LogP contribution in [0.5, 0.6) is 0 Å². The first kappa shape index (κ1) is 17.1. The lowest BCUT2D eigenvalue weighted by atomic mass is 10.0. The van der Waals surface area contributed by atoms with Crippen LogP contribution in [0.15, 0.2) is 0 Å². The maximum Gasteiger partial charge on any atom is 0.215 e. The molecule has 124 valence electrons. The molecule has 9 heteroatoms. The lowest BCUT2D eigenvalue weighted by Crippen LogP contribution is -2.46. The molecule has 0 aliphatic carbocycles. The maximum absolute atomic E-state index is 12.2. The van der Waals surface area contributed by atoms with Crippen molar-refractivity contribution in [2.45, 2.75) is 31.3 Å². The van der Waals surface area contributed by atoms with Gasteiger partial charge in [0, 0.05) is 31.4 Å². The molecule has 2 rings (SSSR count). The van der Waals surface area contributed by atoms with Crippen molar-refractivity contribution in [1.82, 2.24) is 9.21 Å². The predicted octanol–water partition coefficient (Wildman–Crippen LogP) is -1.14. The summed E-state index contributed by atoms with van der Waals surface area (Å²) in [6.07, 6.45) is 3.79. The molecule has 0 aromatic rings. The molecule has 0 spiro atoms. The van der Waals surface area contributed by atoms with Gasteiger partial charge in [-0.2, -0.15) is 0 Å². The Balaban J connectivity index is 1.89. The van der Waals surface area contributed by atoms with Crippen molar-refractivity contribution < 1.29 is 16.8 Å². The second-order valence-electron chi connectivity index (χ2n) is 6.12. The van der Waals surface area contributed by atoms with Crippen molar-refractivity contribution in [2.24, 2.45) is 5.73 Å². The highest BCUT2D eigenvalue weighted by Gasteiger charge is 2.35.